The van der Waals surface area contributed by atoms with E-state index in [2.05, 4.69) is 0 Å². The maximum atomic E-state index is 12.6. The molecule has 1 heterocycles. The van der Waals surface area contributed by atoms with Crippen LogP contribution in [-0.4, -0.2) is 19.2 Å². The molecule has 0 unspecified atom stereocenters. The van der Waals surface area contributed by atoms with Crippen LogP contribution >= 0.6 is 0 Å². The van der Waals surface area contributed by atoms with E-state index in [9.17, 15) is 10.1 Å². The molecule has 6 heteroatoms. The second-order valence-electron chi connectivity index (χ2n) is 5.22. The minimum Gasteiger partial charge on any atom is -0.465 e. The van der Waals surface area contributed by atoms with E-state index in [4.69, 9.17) is 19.3 Å². The molecule has 0 amide bonds. The van der Waals surface area contributed by atoms with Crippen molar-refractivity contribution >= 4 is 16.7 Å². The Kier molecular flexibility index (Phi) is 4.40. The summed E-state index contributed by atoms with van der Waals surface area (Å²) >= 11 is 0. The summed E-state index contributed by atoms with van der Waals surface area (Å²) in [6, 6.07) is 11.0. The Morgan fingerprint density at radius 1 is 1.16 bits per heavy atom. The Morgan fingerprint density at radius 3 is 2.52 bits per heavy atom. The minimum atomic E-state index is -0.543. The molecule has 1 aromatic heterocycles. The molecule has 0 saturated heterocycles. The molecule has 25 heavy (non-hydrogen) atoms. The number of esters is 1. The first-order valence-corrected chi connectivity index (χ1v) is 7.90. The molecule has 1 aromatic rings. The van der Waals surface area contributed by atoms with Crippen LogP contribution in [0.1, 0.15) is 29.8 Å². The van der Waals surface area contributed by atoms with Crippen LogP contribution in [0.15, 0.2) is 34.7 Å². The van der Waals surface area contributed by atoms with Crippen molar-refractivity contribution in [3.05, 3.63) is 47.0 Å². The third-order valence-electron chi connectivity index (χ3n) is 3.82. The van der Waals surface area contributed by atoms with Gasteiger partial charge < -0.3 is 13.9 Å². The van der Waals surface area contributed by atoms with Gasteiger partial charge in [0.05, 0.1) is 24.2 Å². The number of fused-ring (bicyclic) bond motifs is 3. The highest BCUT2D eigenvalue weighted by molar-refractivity contribution is 6.20. The molecule has 0 aromatic carbocycles. The number of nitriles is 1. The Hall–Kier alpha value is -3.33. The molecule has 1 N–H and O–H groups in total. The summed E-state index contributed by atoms with van der Waals surface area (Å²) < 4.78 is 16.1. The van der Waals surface area contributed by atoms with Gasteiger partial charge >= 0.3 is 5.97 Å². The highest BCUT2D eigenvalue weighted by atomic mass is 16.6. The molecular weight excluding hydrogens is 320 g/mol. The summed E-state index contributed by atoms with van der Waals surface area (Å²) in [5.41, 5.74) is 1.22. The molecule has 0 saturated carbocycles. The van der Waals surface area contributed by atoms with Crippen molar-refractivity contribution in [2.75, 3.05) is 13.2 Å². The van der Waals surface area contributed by atoms with E-state index in [1.54, 1.807) is 26.0 Å². The topological polar surface area (TPSA) is 96.3 Å². The van der Waals surface area contributed by atoms with E-state index < -0.39 is 5.97 Å². The number of carbonyl (C=O) groups excluding carboxylic acids is 1. The Labute approximate surface area is 144 Å². The summed E-state index contributed by atoms with van der Waals surface area (Å²) in [6.45, 7) is 4.04. The zero-order chi connectivity index (χ0) is 18.0. The van der Waals surface area contributed by atoms with Crippen molar-refractivity contribution in [1.82, 2.24) is 0 Å². The van der Waals surface area contributed by atoms with Gasteiger partial charge in [-0.2, -0.15) is 5.26 Å². The summed E-state index contributed by atoms with van der Waals surface area (Å²) in [7, 11) is 0. The van der Waals surface area contributed by atoms with Gasteiger partial charge in [-0.3, -0.25) is 5.41 Å². The zero-order valence-electron chi connectivity index (χ0n) is 13.9. The molecule has 2 aliphatic rings. The molecule has 0 radical (unpaired) electrons. The number of nitrogens with zero attached hydrogens (tertiary/aromatic N) is 1. The lowest BCUT2D eigenvalue weighted by Gasteiger charge is -2.06. The Morgan fingerprint density at radius 2 is 1.88 bits per heavy atom. The third-order valence-corrected chi connectivity index (χ3v) is 3.82. The fourth-order valence-corrected chi connectivity index (χ4v) is 2.90. The van der Waals surface area contributed by atoms with E-state index in [1.807, 2.05) is 24.3 Å². The first-order chi connectivity index (χ1) is 12.1. The van der Waals surface area contributed by atoms with Crippen LogP contribution in [0.25, 0.3) is 21.9 Å². The summed E-state index contributed by atoms with van der Waals surface area (Å²) in [5.74, 6) is -0.425. The third kappa shape index (κ3) is 2.60. The van der Waals surface area contributed by atoms with Gasteiger partial charge in [0, 0.05) is 5.39 Å². The number of ether oxygens (including phenoxy) is 2. The van der Waals surface area contributed by atoms with Crippen molar-refractivity contribution in [1.29, 1.82) is 10.7 Å². The van der Waals surface area contributed by atoms with Crippen molar-refractivity contribution in [2.24, 2.45) is 0 Å². The zero-order valence-corrected chi connectivity index (χ0v) is 13.9. The molecule has 126 valence electrons. The molecule has 0 aliphatic heterocycles. The first-order valence-electron chi connectivity index (χ1n) is 7.90. The van der Waals surface area contributed by atoms with Crippen molar-refractivity contribution in [3.8, 4) is 23.1 Å². The summed E-state index contributed by atoms with van der Waals surface area (Å²) in [6.07, 6.45) is 0. The fourth-order valence-electron chi connectivity index (χ4n) is 2.90. The maximum Gasteiger partial charge on any atom is 0.339 e. The van der Waals surface area contributed by atoms with Crippen molar-refractivity contribution < 1.29 is 18.7 Å². The second-order valence-corrected chi connectivity index (χ2v) is 5.22. The molecule has 0 spiro atoms. The van der Waals surface area contributed by atoms with Crippen molar-refractivity contribution in [2.45, 2.75) is 13.8 Å². The summed E-state index contributed by atoms with van der Waals surface area (Å²) in [4.78, 5) is 12.6. The van der Waals surface area contributed by atoms with Gasteiger partial charge in [-0.25, -0.2) is 4.79 Å². The lowest BCUT2D eigenvalue weighted by molar-refractivity contribution is 0.0530. The van der Waals surface area contributed by atoms with Crippen LogP contribution in [0.5, 0.6) is 5.95 Å². The molecule has 0 fully saturated rings. The summed E-state index contributed by atoms with van der Waals surface area (Å²) in [5, 5.41) is 18.4. The van der Waals surface area contributed by atoms with Crippen LogP contribution in [0.3, 0.4) is 0 Å². The monoisotopic (exact) mass is 336 g/mol. The molecule has 3 rings (SSSR count). The number of hydrogen-bond donors (Lipinski definition) is 1. The normalized spacial score (nSPS) is 10.6. The number of hydrogen-bond acceptors (Lipinski definition) is 6. The quantitative estimate of drug-likeness (QED) is 0.736. The molecule has 2 aliphatic carbocycles. The van der Waals surface area contributed by atoms with Gasteiger partial charge in [-0.1, -0.05) is 30.3 Å². The SMILES string of the molecule is CCOC(=O)c1c2cccccc-2c2c(OCC)oc(=N)c(C#N)c12. The Bertz CT molecular complexity index is 1030. The lowest BCUT2D eigenvalue weighted by Crippen LogP contribution is -2.10. The minimum absolute atomic E-state index is 0.0136. The van der Waals surface area contributed by atoms with E-state index in [0.717, 1.165) is 0 Å². The van der Waals surface area contributed by atoms with E-state index >= 15 is 0 Å². The number of nitrogens with one attached hydrogen (secondary N) is 1. The van der Waals surface area contributed by atoms with Gasteiger partial charge in [-0.15, -0.1) is 0 Å². The van der Waals surface area contributed by atoms with Crippen LogP contribution in [-0.2, 0) is 4.74 Å². The average molecular weight is 336 g/mol. The van der Waals surface area contributed by atoms with Crippen molar-refractivity contribution in [3.63, 3.8) is 0 Å². The number of carbonyl (C=O) groups is 1. The highest BCUT2D eigenvalue weighted by Crippen LogP contribution is 2.44. The lowest BCUT2D eigenvalue weighted by atomic mass is 10.1. The van der Waals surface area contributed by atoms with Crippen LogP contribution in [0.2, 0.25) is 0 Å². The van der Waals surface area contributed by atoms with Gasteiger partial charge in [-0.05, 0) is 25.0 Å². The smallest absolute Gasteiger partial charge is 0.339 e. The molecule has 0 atom stereocenters. The standard InChI is InChI=1S/C19H16N2O4/c1-3-23-18(22)15-11-8-6-5-7-9-12(11)16-14(15)13(10-20)17(21)25-19(16)24-4-2/h5-9,21H,3-4H2,1-2H3. The Balaban J connectivity index is 2.58. The van der Waals surface area contributed by atoms with Crippen LogP contribution in [0.4, 0.5) is 0 Å². The largest absolute Gasteiger partial charge is 0.465 e. The van der Waals surface area contributed by atoms with E-state index in [0.29, 0.717) is 28.5 Å². The maximum absolute atomic E-state index is 12.6. The first kappa shape index (κ1) is 16.5. The van der Waals surface area contributed by atoms with Crippen LogP contribution in [0, 0.1) is 16.7 Å². The van der Waals surface area contributed by atoms with E-state index in [-0.39, 0.29) is 29.2 Å². The average Bonchev–Trinajstić information content (AvgIpc) is 2.73. The fraction of sp³-hybridized carbons (Fsp3) is 0.211. The highest BCUT2D eigenvalue weighted by Gasteiger charge is 2.29. The van der Waals surface area contributed by atoms with Gasteiger partial charge in [0.15, 0.2) is 0 Å². The number of rotatable bonds is 4. The molecular formula is C19H16N2O4. The van der Waals surface area contributed by atoms with E-state index in [1.165, 1.54) is 0 Å². The predicted molar refractivity (Wildman–Crippen MR) is 90.5 cm³/mol. The second kappa shape index (κ2) is 6.65. The van der Waals surface area contributed by atoms with Gasteiger partial charge in [0.1, 0.15) is 11.6 Å². The molecule has 0 bridgehead atoms. The predicted octanol–water partition coefficient (Wildman–Crippen LogP) is 3.46. The van der Waals surface area contributed by atoms with Crippen LogP contribution < -0.4 is 10.3 Å². The van der Waals surface area contributed by atoms with Gasteiger partial charge in [0.2, 0.25) is 5.55 Å². The molecule has 6 nitrogen and oxygen atoms in total. The van der Waals surface area contributed by atoms with Gasteiger partial charge in [0.25, 0.3) is 5.95 Å².